The minimum atomic E-state index is -0.920. The van der Waals surface area contributed by atoms with E-state index in [0.717, 1.165) is 11.4 Å². The van der Waals surface area contributed by atoms with Gasteiger partial charge < -0.3 is 10.0 Å². The highest BCUT2D eigenvalue weighted by molar-refractivity contribution is 7.15. The van der Waals surface area contributed by atoms with E-state index in [1.165, 1.54) is 16.2 Å². The van der Waals surface area contributed by atoms with Crippen LogP contribution < -0.4 is 0 Å². The summed E-state index contributed by atoms with van der Waals surface area (Å²) in [5.41, 5.74) is 0.688. The fourth-order valence-electron chi connectivity index (χ4n) is 2.44. The van der Waals surface area contributed by atoms with Crippen molar-refractivity contribution in [3.05, 3.63) is 23.5 Å². The molecule has 3 heterocycles. The van der Waals surface area contributed by atoms with E-state index in [-0.39, 0.29) is 12.3 Å². The SMILES string of the molecule is O=C(O)[C@H]1CCCN1C(=O)Cc1cn2ccsc2n1. The third-order valence-corrected chi connectivity index (χ3v) is 4.10. The lowest BCUT2D eigenvalue weighted by atomic mass is 10.2. The Hall–Kier alpha value is -1.89. The third-order valence-electron chi connectivity index (χ3n) is 3.33. The van der Waals surface area contributed by atoms with Crippen molar-refractivity contribution >= 4 is 28.2 Å². The van der Waals surface area contributed by atoms with Gasteiger partial charge in [-0.1, -0.05) is 0 Å². The van der Waals surface area contributed by atoms with Gasteiger partial charge in [0.2, 0.25) is 5.91 Å². The number of rotatable bonds is 3. The summed E-state index contributed by atoms with van der Waals surface area (Å²) >= 11 is 1.51. The molecular formula is C12H13N3O3S. The molecule has 0 saturated carbocycles. The number of carbonyl (C=O) groups excluding carboxylic acids is 1. The van der Waals surface area contributed by atoms with E-state index in [9.17, 15) is 9.59 Å². The fourth-order valence-corrected chi connectivity index (χ4v) is 3.16. The van der Waals surface area contributed by atoms with E-state index in [1.54, 1.807) is 0 Å². The highest BCUT2D eigenvalue weighted by Gasteiger charge is 2.33. The second-order valence-corrected chi connectivity index (χ2v) is 5.46. The average Bonchev–Trinajstić information content (AvgIpc) is 3.01. The van der Waals surface area contributed by atoms with Crippen molar-refractivity contribution in [2.75, 3.05) is 6.54 Å². The minimum Gasteiger partial charge on any atom is -0.480 e. The molecule has 0 spiro atoms. The van der Waals surface area contributed by atoms with Crippen molar-refractivity contribution in [3.63, 3.8) is 0 Å². The van der Waals surface area contributed by atoms with Gasteiger partial charge in [-0.25, -0.2) is 9.78 Å². The van der Waals surface area contributed by atoms with Crippen LogP contribution in [0.5, 0.6) is 0 Å². The van der Waals surface area contributed by atoms with Gasteiger partial charge in [0, 0.05) is 24.3 Å². The van der Waals surface area contributed by atoms with Crippen molar-refractivity contribution < 1.29 is 14.7 Å². The highest BCUT2D eigenvalue weighted by Crippen LogP contribution is 2.19. The predicted molar refractivity (Wildman–Crippen MR) is 69.1 cm³/mol. The molecule has 1 atom stereocenters. The molecular weight excluding hydrogens is 266 g/mol. The molecule has 1 amide bonds. The Morgan fingerprint density at radius 3 is 3.11 bits per heavy atom. The Labute approximate surface area is 113 Å². The number of carboxylic acids is 1. The number of fused-ring (bicyclic) bond motifs is 1. The normalized spacial score (nSPS) is 19.2. The van der Waals surface area contributed by atoms with E-state index >= 15 is 0 Å². The summed E-state index contributed by atoms with van der Waals surface area (Å²) < 4.78 is 1.87. The summed E-state index contributed by atoms with van der Waals surface area (Å²) in [6.07, 6.45) is 5.16. The molecule has 6 nitrogen and oxygen atoms in total. The lowest BCUT2D eigenvalue weighted by Gasteiger charge is -2.20. The van der Waals surface area contributed by atoms with Gasteiger partial charge in [0.05, 0.1) is 12.1 Å². The zero-order valence-electron chi connectivity index (χ0n) is 10.2. The van der Waals surface area contributed by atoms with Gasteiger partial charge in [0.25, 0.3) is 0 Å². The molecule has 2 aromatic heterocycles. The van der Waals surface area contributed by atoms with Crippen LogP contribution in [0.2, 0.25) is 0 Å². The number of aliphatic carboxylic acids is 1. The van der Waals surface area contributed by atoms with Crippen molar-refractivity contribution in [2.45, 2.75) is 25.3 Å². The maximum absolute atomic E-state index is 12.1. The van der Waals surface area contributed by atoms with Gasteiger partial charge >= 0.3 is 5.97 Å². The number of hydrogen-bond acceptors (Lipinski definition) is 4. The fraction of sp³-hybridized carbons (Fsp3) is 0.417. The number of amides is 1. The molecule has 19 heavy (non-hydrogen) atoms. The largest absolute Gasteiger partial charge is 0.480 e. The zero-order chi connectivity index (χ0) is 13.4. The quantitative estimate of drug-likeness (QED) is 0.910. The van der Waals surface area contributed by atoms with Crippen LogP contribution in [-0.2, 0) is 16.0 Å². The van der Waals surface area contributed by atoms with Crippen LogP contribution in [0.4, 0.5) is 0 Å². The lowest BCUT2D eigenvalue weighted by molar-refractivity contribution is -0.148. The number of nitrogens with zero attached hydrogens (tertiary/aromatic N) is 3. The van der Waals surface area contributed by atoms with Crippen LogP contribution in [0.25, 0.3) is 4.96 Å². The van der Waals surface area contributed by atoms with Crippen molar-refractivity contribution in [1.82, 2.24) is 14.3 Å². The average molecular weight is 279 g/mol. The molecule has 0 unspecified atom stereocenters. The van der Waals surface area contributed by atoms with Gasteiger partial charge in [0.1, 0.15) is 6.04 Å². The smallest absolute Gasteiger partial charge is 0.326 e. The summed E-state index contributed by atoms with van der Waals surface area (Å²) in [5.74, 6) is -1.08. The first-order chi connectivity index (χ1) is 9.15. The van der Waals surface area contributed by atoms with Crippen LogP contribution in [0, 0.1) is 0 Å². The molecule has 0 radical (unpaired) electrons. The summed E-state index contributed by atoms with van der Waals surface area (Å²) in [5, 5.41) is 11.0. The Morgan fingerprint density at radius 1 is 1.53 bits per heavy atom. The van der Waals surface area contributed by atoms with Gasteiger partial charge in [-0.05, 0) is 12.8 Å². The molecule has 1 N–H and O–H groups in total. The molecule has 100 valence electrons. The summed E-state index contributed by atoms with van der Waals surface area (Å²) in [4.78, 5) is 29.8. The lowest BCUT2D eigenvalue weighted by Crippen LogP contribution is -2.41. The van der Waals surface area contributed by atoms with E-state index in [0.29, 0.717) is 18.7 Å². The first-order valence-corrected chi connectivity index (χ1v) is 6.96. The Morgan fingerprint density at radius 2 is 2.37 bits per heavy atom. The van der Waals surface area contributed by atoms with Crippen LogP contribution in [0.15, 0.2) is 17.8 Å². The molecule has 0 aliphatic carbocycles. The molecule has 0 bridgehead atoms. The summed E-state index contributed by atoms with van der Waals surface area (Å²) in [6.45, 7) is 0.526. The monoisotopic (exact) mass is 279 g/mol. The van der Waals surface area contributed by atoms with E-state index in [1.807, 2.05) is 22.2 Å². The van der Waals surface area contributed by atoms with Crippen LogP contribution in [0.3, 0.4) is 0 Å². The number of likely N-dealkylation sites (tertiary alicyclic amines) is 1. The topological polar surface area (TPSA) is 74.9 Å². The molecule has 0 aromatic carbocycles. The number of aromatic nitrogens is 2. The van der Waals surface area contributed by atoms with Crippen LogP contribution in [-0.4, -0.2) is 43.9 Å². The number of carbonyl (C=O) groups is 2. The van der Waals surface area contributed by atoms with E-state index < -0.39 is 12.0 Å². The van der Waals surface area contributed by atoms with Crippen LogP contribution in [0.1, 0.15) is 18.5 Å². The van der Waals surface area contributed by atoms with Gasteiger partial charge in [0.15, 0.2) is 4.96 Å². The van der Waals surface area contributed by atoms with Crippen LogP contribution >= 0.6 is 11.3 Å². The van der Waals surface area contributed by atoms with Crippen molar-refractivity contribution in [3.8, 4) is 0 Å². The van der Waals surface area contributed by atoms with Crippen molar-refractivity contribution in [1.29, 1.82) is 0 Å². The Kier molecular flexibility index (Phi) is 2.98. The summed E-state index contributed by atoms with van der Waals surface area (Å²) in [7, 11) is 0. The van der Waals surface area contributed by atoms with E-state index in [2.05, 4.69) is 4.98 Å². The Balaban J connectivity index is 1.74. The predicted octanol–water partition coefficient (Wildman–Crippen LogP) is 1.01. The van der Waals surface area contributed by atoms with E-state index in [4.69, 9.17) is 5.11 Å². The number of imidazole rings is 1. The van der Waals surface area contributed by atoms with Gasteiger partial charge in [-0.3, -0.25) is 9.20 Å². The third kappa shape index (κ3) is 2.21. The highest BCUT2D eigenvalue weighted by atomic mass is 32.1. The molecule has 7 heteroatoms. The number of thiazole rings is 1. The first kappa shape index (κ1) is 12.2. The maximum Gasteiger partial charge on any atom is 0.326 e. The molecule has 2 aromatic rings. The molecule has 3 rings (SSSR count). The number of hydrogen-bond donors (Lipinski definition) is 1. The second kappa shape index (κ2) is 4.65. The molecule has 1 fully saturated rings. The van der Waals surface area contributed by atoms with Gasteiger partial charge in [-0.2, -0.15) is 0 Å². The minimum absolute atomic E-state index is 0.157. The van der Waals surface area contributed by atoms with Gasteiger partial charge in [-0.15, -0.1) is 11.3 Å². The summed E-state index contributed by atoms with van der Waals surface area (Å²) in [6, 6.07) is -0.670. The maximum atomic E-state index is 12.1. The molecule has 1 saturated heterocycles. The molecule has 1 aliphatic heterocycles. The Bertz CT molecular complexity index is 604. The second-order valence-electron chi connectivity index (χ2n) is 4.59. The van der Waals surface area contributed by atoms with Crippen molar-refractivity contribution in [2.24, 2.45) is 0 Å². The number of carboxylic acid groups (broad SMARTS) is 1. The first-order valence-electron chi connectivity index (χ1n) is 6.08. The molecule has 1 aliphatic rings. The zero-order valence-corrected chi connectivity index (χ0v) is 11.0. The standard InChI is InChI=1S/C12H13N3O3S/c16-10(15-3-1-2-9(15)11(17)18)6-8-7-14-4-5-19-12(14)13-8/h4-5,7,9H,1-3,6H2,(H,17,18)/t9-/m1/s1.